The summed E-state index contributed by atoms with van der Waals surface area (Å²) in [5.41, 5.74) is 5.62. The zero-order chi connectivity index (χ0) is 17.7. The lowest BCUT2D eigenvalue weighted by Gasteiger charge is -2.50. The van der Waals surface area contributed by atoms with Crippen LogP contribution in [0, 0.1) is 5.41 Å². The van der Waals surface area contributed by atoms with Gasteiger partial charge in [-0.25, -0.2) is 0 Å². The Morgan fingerprint density at radius 3 is 2.15 bits per heavy atom. The van der Waals surface area contributed by atoms with E-state index in [2.05, 4.69) is 65.8 Å². The van der Waals surface area contributed by atoms with E-state index in [9.17, 15) is 4.79 Å². The van der Waals surface area contributed by atoms with Gasteiger partial charge < -0.3 is 5.32 Å². The van der Waals surface area contributed by atoms with Gasteiger partial charge in [-0.1, -0.05) is 48.5 Å². The second-order valence-corrected chi connectivity index (χ2v) is 7.56. The van der Waals surface area contributed by atoms with Gasteiger partial charge in [0.25, 0.3) is 0 Å². The molecule has 3 aliphatic carbocycles. The van der Waals surface area contributed by atoms with Gasteiger partial charge in [-0.05, 0) is 47.7 Å². The van der Waals surface area contributed by atoms with Crippen molar-refractivity contribution < 1.29 is 4.79 Å². The van der Waals surface area contributed by atoms with Crippen LogP contribution in [-0.2, 0) is 4.79 Å². The van der Waals surface area contributed by atoms with Gasteiger partial charge in [0.1, 0.15) is 0 Å². The molecular formula is C23H20N2O. The number of aromatic nitrogens is 1. The van der Waals surface area contributed by atoms with Crippen molar-refractivity contribution in [3.63, 3.8) is 0 Å². The number of hydrogen-bond donors (Lipinski definition) is 1. The summed E-state index contributed by atoms with van der Waals surface area (Å²) in [5.74, 6) is 0.429. The molecule has 1 heterocycles. The first-order chi connectivity index (χ1) is 12.7. The maximum Gasteiger partial charge on any atom is 0.231 e. The average molecular weight is 340 g/mol. The Balaban J connectivity index is 1.63. The van der Waals surface area contributed by atoms with Gasteiger partial charge in [0.2, 0.25) is 5.91 Å². The van der Waals surface area contributed by atoms with Gasteiger partial charge in [-0.3, -0.25) is 9.78 Å². The van der Waals surface area contributed by atoms with E-state index in [0.717, 1.165) is 12.1 Å². The number of nitrogens with one attached hydrogen (secondary N) is 1. The molecule has 0 spiro atoms. The van der Waals surface area contributed by atoms with E-state index in [0.29, 0.717) is 0 Å². The number of rotatable bonds is 2. The first-order valence-corrected chi connectivity index (χ1v) is 9.07. The van der Waals surface area contributed by atoms with Gasteiger partial charge in [0, 0.05) is 18.0 Å². The number of benzene rings is 2. The Labute approximate surface area is 153 Å². The molecule has 26 heavy (non-hydrogen) atoms. The van der Waals surface area contributed by atoms with Crippen LogP contribution >= 0.6 is 0 Å². The predicted molar refractivity (Wildman–Crippen MR) is 102 cm³/mol. The summed E-state index contributed by atoms with van der Waals surface area (Å²) in [4.78, 5) is 17.5. The van der Waals surface area contributed by atoms with Crippen molar-refractivity contribution >= 4 is 11.6 Å². The van der Waals surface area contributed by atoms with Crippen molar-refractivity contribution in [3.05, 3.63) is 95.3 Å². The zero-order valence-electron chi connectivity index (χ0n) is 14.6. The molecule has 6 rings (SSSR count). The summed E-state index contributed by atoms with van der Waals surface area (Å²) >= 11 is 0. The topological polar surface area (TPSA) is 42.0 Å². The Hall–Kier alpha value is -2.94. The van der Waals surface area contributed by atoms with Crippen molar-refractivity contribution in [2.45, 2.75) is 25.2 Å². The van der Waals surface area contributed by atoms with Gasteiger partial charge in [-0.15, -0.1) is 0 Å². The smallest absolute Gasteiger partial charge is 0.231 e. The Morgan fingerprint density at radius 2 is 1.58 bits per heavy atom. The molecule has 128 valence electrons. The molecule has 1 N–H and O–H groups in total. The van der Waals surface area contributed by atoms with E-state index < -0.39 is 5.41 Å². The fourth-order valence-corrected chi connectivity index (χ4v) is 4.90. The molecular weight excluding hydrogens is 320 g/mol. The van der Waals surface area contributed by atoms with Gasteiger partial charge in [0.15, 0.2) is 0 Å². The number of anilines is 1. The molecule has 0 saturated heterocycles. The van der Waals surface area contributed by atoms with Crippen LogP contribution in [0.1, 0.15) is 47.4 Å². The lowest BCUT2D eigenvalue weighted by molar-refractivity contribution is -0.126. The number of hydrogen-bond acceptors (Lipinski definition) is 2. The van der Waals surface area contributed by atoms with E-state index in [4.69, 9.17) is 0 Å². The molecule has 3 aromatic rings. The Kier molecular flexibility index (Phi) is 3.26. The van der Waals surface area contributed by atoms with Crippen LogP contribution in [0.15, 0.2) is 73.1 Å². The van der Waals surface area contributed by atoms with Gasteiger partial charge in [-0.2, -0.15) is 0 Å². The van der Waals surface area contributed by atoms with Crippen LogP contribution in [0.5, 0.6) is 0 Å². The number of carbonyl (C=O) groups excluding carboxylic acids is 1. The number of nitrogens with zero attached hydrogens (tertiary/aromatic N) is 1. The summed E-state index contributed by atoms with van der Waals surface area (Å²) < 4.78 is 0. The van der Waals surface area contributed by atoms with E-state index in [1.165, 1.54) is 22.3 Å². The molecule has 2 aromatic carbocycles. The van der Waals surface area contributed by atoms with Gasteiger partial charge >= 0.3 is 0 Å². The molecule has 0 aliphatic heterocycles. The second-order valence-electron chi connectivity index (χ2n) is 7.56. The van der Waals surface area contributed by atoms with Gasteiger partial charge in [0.05, 0.1) is 17.3 Å². The summed E-state index contributed by atoms with van der Waals surface area (Å²) in [6.07, 6.45) is 4.24. The quantitative estimate of drug-likeness (QED) is 0.734. The molecule has 3 heteroatoms. The van der Waals surface area contributed by atoms with Crippen LogP contribution in [-0.4, -0.2) is 10.9 Å². The monoisotopic (exact) mass is 340 g/mol. The average Bonchev–Trinajstić information content (AvgIpc) is 2.69. The molecule has 0 fully saturated rings. The van der Waals surface area contributed by atoms with E-state index in [1.807, 2.05) is 12.1 Å². The summed E-state index contributed by atoms with van der Waals surface area (Å²) in [7, 11) is 0. The van der Waals surface area contributed by atoms with E-state index >= 15 is 0 Å². The van der Waals surface area contributed by atoms with E-state index in [-0.39, 0.29) is 17.7 Å². The minimum Gasteiger partial charge on any atom is -0.324 e. The molecule has 2 bridgehead atoms. The molecule has 3 aliphatic rings. The predicted octanol–water partition coefficient (Wildman–Crippen LogP) is 4.71. The molecule has 1 unspecified atom stereocenters. The van der Waals surface area contributed by atoms with Crippen LogP contribution in [0.25, 0.3) is 0 Å². The molecule has 1 amide bonds. The van der Waals surface area contributed by atoms with Crippen LogP contribution in [0.2, 0.25) is 0 Å². The highest BCUT2D eigenvalue weighted by Crippen LogP contribution is 2.61. The van der Waals surface area contributed by atoms with Crippen molar-refractivity contribution in [3.8, 4) is 0 Å². The fraction of sp³-hybridized carbons (Fsp3) is 0.217. The lowest BCUT2D eigenvalue weighted by Crippen LogP contribution is -2.47. The summed E-state index contributed by atoms with van der Waals surface area (Å²) in [6.45, 7) is 2.11. The third kappa shape index (κ3) is 2.07. The third-order valence-corrected chi connectivity index (χ3v) is 6.07. The Morgan fingerprint density at radius 1 is 0.962 bits per heavy atom. The maximum atomic E-state index is 13.4. The van der Waals surface area contributed by atoms with Crippen LogP contribution in [0.3, 0.4) is 0 Å². The minimum atomic E-state index is -0.483. The molecule has 1 atom stereocenters. The highest BCUT2D eigenvalue weighted by atomic mass is 16.2. The molecule has 3 nitrogen and oxygen atoms in total. The highest BCUT2D eigenvalue weighted by molar-refractivity contribution is 5.97. The SMILES string of the molecule is CC1(C(=O)Nc2cccnc2)CC2c3ccccc3C1c1ccccc12. The first kappa shape index (κ1) is 15.3. The van der Waals surface area contributed by atoms with Crippen molar-refractivity contribution in [2.24, 2.45) is 5.41 Å². The maximum absolute atomic E-state index is 13.4. The number of carbonyl (C=O) groups is 1. The van der Waals surface area contributed by atoms with Crippen LogP contribution < -0.4 is 5.32 Å². The first-order valence-electron chi connectivity index (χ1n) is 9.07. The molecule has 0 saturated carbocycles. The van der Waals surface area contributed by atoms with E-state index in [1.54, 1.807) is 12.4 Å². The third-order valence-electron chi connectivity index (χ3n) is 6.07. The second kappa shape index (κ2) is 5.53. The zero-order valence-corrected chi connectivity index (χ0v) is 14.6. The number of fused-ring (bicyclic) bond motifs is 1. The van der Waals surface area contributed by atoms with Crippen molar-refractivity contribution in [2.75, 3.05) is 5.32 Å². The molecule has 0 radical (unpaired) electrons. The highest BCUT2D eigenvalue weighted by Gasteiger charge is 2.53. The largest absolute Gasteiger partial charge is 0.324 e. The summed E-state index contributed by atoms with van der Waals surface area (Å²) in [6, 6.07) is 20.9. The normalized spacial score (nSPS) is 25.3. The minimum absolute atomic E-state index is 0.0736. The number of pyridine rings is 1. The van der Waals surface area contributed by atoms with Crippen molar-refractivity contribution in [1.82, 2.24) is 4.98 Å². The Bertz CT molecular complexity index is 950. The molecule has 1 aromatic heterocycles. The number of amides is 1. The standard InChI is InChI=1S/C23H20N2O/c1-23(22(26)25-15-7-6-12-24-14-15)13-20-16-8-2-4-10-18(16)21(23)19-11-5-3-9-17(19)20/h2-12,14,20-21H,13H2,1H3,(H,25,26). The van der Waals surface area contributed by atoms with Crippen LogP contribution in [0.4, 0.5) is 5.69 Å². The lowest BCUT2D eigenvalue weighted by atomic mass is 9.52. The van der Waals surface area contributed by atoms with Crippen molar-refractivity contribution in [1.29, 1.82) is 0 Å². The summed E-state index contributed by atoms with van der Waals surface area (Å²) in [5, 5.41) is 3.10. The fourth-order valence-electron chi connectivity index (χ4n) is 4.90.